The summed E-state index contributed by atoms with van der Waals surface area (Å²) >= 11 is 0. The largest absolute Gasteiger partial charge is 0.300 e. The summed E-state index contributed by atoms with van der Waals surface area (Å²) < 4.78 is 0. The van der Waals surface area contributed by atoms with Crippen LogP contribution in [0.3, 0.4) is 0 Å². The Balaban J connectivity index is 1.58. The fourth-order valence-electron chi connectivity index (χ4n) is 7.21. The van der Waals surface area contributed by atoms with E-state index in [1.165, 1.54) is 97.6 Å². The van der Waals surface area contributed by atoms with Gasteiger partial charge < -0.3 is 0 Å². The van der Waals surface area contributed by atoms with E-state index >= 15 is 0 Å². The van der Waals surface area contributed by atoms with Crippen LogP contribution in [0.5, 0.6) is 0 Å². The van der Waals surface area contributed by atoms with Crippen LogP contribution >= 0.6 is 0 Å². The molecule has 0 radical (unpaired) electrons. The Hall–Kier alpha value is -1.89. The predicted octanol–water partition coefficient (Wildman–Crippen LogP) is 9.30. The first-order valence-electron chi connectivity index (χ1n) is 14.1. The topological polar surface area (TPSA) is 17.1 Å². The molecule has 0 aliphatic heterocycles. The quantitative estimate of drug-likeness (QED) is 0.385. The van der Waals surface area contributed by atoms with Crippen LogP contribution in [0.1, 0.15) is 122 Å². The van der Waals surface area contributed by atoms with Gasteiger partial charge in [-0.05, 0) is 88.2 Å². The Morgan fingerprint density at radius 1 is 0.588 bits per heavy atom. The van der Waals surface area contributed by atoms with E-state index in [0.717, 1.165) is 12.8 Å². The van der Waals surface area contributed by atoms with Crippen molar-refractivity contribution >= 4 is 5.78 Å². The summed E-state index contributed by atoms with van der Waals surface area (Å²) in [5.41, 5.74) is 8.16. The third kappa shape index (κ3) is 6.61. The second-order valence-corrected chi connectivity index (χ2v) is 11.8. The average Bonchev–Trinajstić information content (AvgIpc) is 2.81. The van der Waals surface area contributed by atoms with Gasteiger partial charge in [0.05, 0.1) is 0 Å². The molecule has 0 bridgehead atoms. The van der Waals surface area contributed by atoms with Crippen LogP contribution in [0.15, 0.2) is 36.4 Å². The molecule has 2 aromatic rings. The van der Waals surface area contributed by atoms with Crippen LogP contribution < -0.4 is 0 Å². The zero-order valence-corrected chi connectivity index (χ0v) is 22.2. The van der Waals surface area contributed by atoms with Crippen molar-refractivity contribution < 1.29 is 4.79 Å². The van der Waals surface area contributed by atoms with Crippen LogP contribution in [-0.2, 0) is 4.79 Å². The molecular formula is C33H46O. The lowest BCUT2D eigenvalue weighted by Crippen LogP contribution is -2.23. The molecule has 0 amide bonds. The van der Waals surface area contributed by atoms with E-state index in [2.05, 4.69) is 64.1 Å². The van der Waals surface area contributed by atoms with Gasteiger partial charge in [0, 0.05) is 12.8 Å². The van der Waals surface area contributed by atoms with Crippen LogP contribution in [0.2, 0.25) is 0 Å². The first-order chi connectivity index (χ1) is 16.4. The lowest BCUT2D eigenvalue weighted by molar-refractivity contribution is -0.120. The van der Waals surface area contributed by atoms with Crippen LogP contribution in [0.4, 0.5) is 0 Å². The maximum atomic E-state index is 13.8. The van der Waals surface area contributed by atoms with Gasteiger partial charge in [0.1, 0.15) is 5.78 Å². The summed E-state index contributed by atoms with van der Waals surface area (Å²) in [4.78, 5) is 13.8. The summed E-state index contributed by atoms with van der Waals surface area (Å²) in [5, 5.41) is 0. The molecule has 0 heterocycles. The minimum Gasteiger partial charge on any atom is -0.300 e. The molecule has 0 aromatic heterocycles. The standard InChI is InChI=1S/C33H46O/c1-23-15-24(2)18-29(17-23)32(27-11-7-5-8-12-27)21-31(34)22-33(28-13-9-6-10-14-28)30-19-25(3)16-26(4)20-30/h15-20,27-28,32-33H,5-14,21-22H2,1-4H3/t32-,33+. The van der Waals surface area contributed by atoms with E-state index in [4.69, 9.17) is 0 Å². The maximum Gasteiger partial charge on any atom is 0.134 e. The smallest absolute Gasteiger partial charge is 0.134 e. The summed E-state index contributed by atoms with van der Waals surface area (Å²) in [6, 6.07) is 14.0. The molecule has 4 rings (SSSR count). The summed E-state index contributed by atoms with van der Waals surface area (Å²) in [5.74, 6) is 2.58. The number of Topliss-reactive ketones (excluding diaryl/α,β-unsaturated/α-hetero) is 1. The monoisotopic (exact) mass is 458 g/mol. The second-order valence-electron chi connectivity index (χ2n) is 11.8. The Morgan fingerprint density at radius 2 is 0.912 bits per heavy atom. The molecule has 2 aliphatic carbocycles. The Labute approximate surface area is 208 Å². The molecule has 2 aliphatic rings. The third-order valence-corrected chi connectivity index (χ3v) is 8.68. The van der Waals surface area contributed by atoms with E-state index < -0.39 is 0 Å². The molecule has 2 aromatic carbocycles. The van der Waals surface area contributed by atoms with Crippen molar-refractivity contribution in [3.8, 4) is 0 Å². The highest BCUT2D eigenvalue weighted by atomic mass is 16.1. The SMILES string of the molecule is Cc1cc(C)cc([C@@H](CC(=O)C[C@@H](c2cc(C)cc(C)c2)C2CCCCC2)C2CCCCC2)c1. The zero-order chi connectivity index (χ0) is 24.1. The van der Waals surface area contributed by atoms with Crippen molar-refractivity contribution in [1.29, 1.82) is 0 Å². The minimum absolute atomic E-state index is 0.387. The number of hydrogen-bond donors (Lipinski definition) is 0. The fourth-order valence-corrected chi connectivity index (χ4v) is 7.21. The van der Waals surface area contributed by atoms with Gasteiger partial charge in [-0.25, -0.2) is 0 Å². The highest BCUT2D eigenvalue weighted by Crippen LogP contribution is 2.42. The van der Waals surface area contributed by atoms with Gasteiger partial charge in [0.25, 0.3) is 0 Å². The van der Waals surface area contributed by atoms with Crippen molar-refractivity contribution in [2.45, 2.75) is 117 Å². The van der Waals surface area contributed by atoms with E-state index in [9.17, 15) is 4.79 Å². The molecule has 1 nitrogen and oxygen atoms in total. The second kappa shape index (κ2) is 11.7. The first-order valence-corrected chi connectivity index (χ1v) is 14.1. The van der Waals surface area contributed by atoms with E-state index in [-0.39, 0.29) is 0 Å². The number of ketones is 1. The highest BCUT2D eigenvalue weighted by Gasteiger charge is 2.31. The van der Waals surface area contributed by atoms with Gasteiger partial charge in [-0.2, -0.15) is 0 Å². The summed E-state index contributed by atoms with van der Waals surface area (Å²) in [6.07, 6.45) is 14.6. The number of aryl methyl sites for hydroxylation is 4. The lowest BCUT2D eigenvalue weighted by Gasteiger charge is -2.33. The number of rotatable bonds is 8. The molecule has 2 atom stereocenters. The number of carbonyl (C=O) groups is 1. The van der Waals surface area contributed by atoms with Gasteiger partial charge in [-0.1, -0.05) is 97.2 Å². The summed E-state index contributed by atoms with van der Waals surface area (Å²) in [7, 11) is 0. The van der Waals surface area contributed by atoms with Gasteiger partial charge in [0.2, 0.25) is 0 Å². The molecule has 2 fully saturated rings. The molecule has 0 N–H and O–H groups in total. The Morgan fingerprint density at radius 3 is 1.24 bits per heavy atom. The Bertz CT molecular complexity index is 841. The van der Waals surface area contributed by atoms with Crippen LogP contribution in [-0.4, -0.2) is 5.78 Å². The highest BCUT2D eigenvalue weighted by molar-refractivity contribution is 5.80. The molecule has 184 valence electrons. The van der Waals surface area contributed by atoms with Gasteiger partial charge in [-0.15, -0.1) is 0 Å². The van der Waals surface area contributed by atoms with Gasteiger partial charge >= 0.3 is 0 Å². The van der Waals surface area contributed by atoms with E-state index in [1.54, 1.807) is 0 Å². The number of hydrogen-bond acceptors (Lipinski definition) is 1. The Kier molecular flexibility index (Phi) is 8.67. The average molecular weight is 459 g/mol. The molecule has 0 unspecified atom stereocenters. The van der Waals surface area contributed by atoms with Crippen molar-refractivity contribution in [3.05, 3.63) is 69.8 Å². The zero-order valence-electron chi connectivity index (χ0n) is 22.2. The lowest BCUT2D eigenvalue weighted by atomic mass is 9.71. The fraction of sp³-hybridized carbons (Fsp3) is 0.606. The van der Waals surface area contributed by atoms with Gasteiger partial charge in [-0.3, -0.25) is 4.79 Å². The van der Waals surface area contributed by atoms with Crippen LogP contribution in [0.25, 0.3) is 0 Å². The van der Waals surface area contributed by atoms with Gasteiger partial charge in [0.15, 0.2) is 0 Å². The van der Waals surface area contributed by atoms with Crippen molar-refractivity contribution in [2.75, 3.05) is 0 Å². The van der Waals surface area contributed by atoms with E-state index in [1.807, 2.05) is 0 Å². The normalized spacial score (nSPS) is 19.6. The molecule has 1 heteroatoms. The predicted molar refractivity (Wildman–Crippen MR) is 145 cm³/mol. The molecule has 34 heavy (non-hydrogen) atoms. The molecular weight excluding hydrogens is 412 g/mol. The summed E-state index contributed by atoms with van der Waals surface area (Å²) in [6.45, 7) is 8.82. The van der Waals surface area contributed by atoms with Crippen molar-refractivity contribution in [1.82, 2.24) is 0 Å². The number of benzene rings is 2. The van der Waals surface area contributed by atoms with E-state index in [0.29, 0.717) is 29.5 Å². The van der Waals surface area contributed by atoms with Crippen molar-refractivity contribution in [2.24, 2.45) is 11.8 Å². The first kappa shape index (κ1) is 25.2. The molecule has 0 spiro atoms. The molecule has 2 saturated carbocycles. The molecule has 0 saturated heterocycles. The maximum absolute atomic E-state index is 13.8. The van der Waals surface area contributed by atoms with Crippen molar-refractivity contribution in [3.63, 3.8) is 0 Å². The third-order valence-electron chi connectivity index (χ3n) is 8.68. The minimum atomic E-state index is 0.387. The number of carbonyl (C=O) groups excluding carboxylic acids is 1. The van der Waals surface area contributed by atoms with Crippen LogP contribution in [0, 0.1) is 39.5 Å².